The molecule has 70 valence electrons. The van der Waals surface area contributed by atoms with Gasteiger partial charge in [-0.1, -0.05) is 6.07 Å². The van der Waals surface area contributed by atoms with Crippen LogP contribution in [0.2, 0.25) is 0 Å². The van der Waals surface area contributed by atoms with Crippen molar-refractivity contribution < 1.29 is 0 Å². The quantitative estimate of drug-likeness (QED) is 0.611. The number of hydrogen-bond acceptors (Lipinski definition) is 1. The summed E-state index contributed by atoms with van der Waals surface area (Å²) < 4.78 is 0. The van der Waals surface area contributed by atoms with Crippen molar-refractivity contribution in [3.05, 3.63) is 41.2 Å². The minimum Gasteiger partial charge on any atom is -0.261 e. The first kappa shape index (κ1) is 7.98. The predicted molar refractivity (Wildman–Crippen MR) is 58.5 cm³/mol. The summed E-state index contributed by atoms with van der Waals surface area (Å²) in [6.45, 7) is 2.05. The van der Waals surface area contributed by atoms with Crippen LogP contribution < -0.4 is 0 Å². The van der Waals surface area contributed by atoms with Crippen LogP contribution in [0, 0.1) is 6.92 Å². The first-order valence-electron chi connectivity index (χ1n) is 5.21. The molecule has 0 atom stereocenters. The standard InChI is InChI=1S/C13H13N/c1-9-5-12-6-10-3-2-4-11(10)7-13(12)8-14-9/h5-8H,2-4H2,1H3. The highest BCUT2D eigenvalue weighted by Crippen LogP contribution is 2.27. The molecule has 1 heterocycles. The number of aryl methyl sites for hydroxylation is 3. The Kier molecular flexibility index (Phi) is 1.60. The highest BCUT2D eigenvalue weighted by Gasteiger charge is 2.11. The molecule has 0 amide bonds. The van der Waals surface area contributed by atoms with Crippen LogP contribution in [0.4, 0.5) is 0 Å². The molecule has 1 aromatic heterocycles. The monoisotopic (exact) mass is 183 g/mol. The molecule has 0 bridgehead atoms. The molecule has 1 aliphatic carbocycles. The number of pyridine rings is 1. The molecule has 14 heavy (non-hydrogen) atoms. The van der Waals surface area contributed by atoms with Crippen molar-refractivity contribution in [3.8, 4) is 0 Å². The summed E-state index contributed by atoms with van der Waals surface area (Å²) in [5.41, 5.74) is 4.18. The summed E-state index contributed by atoms with van der Waals surface area (Å²) in [6.07, 6.45) is 5.81. The second kappa shape index (κ2) is 2.81. The van der Waals surface area contributed by atoms with E-state index < -0.39 is 0 Å². The molecule has 1 aromatic carbocycles. The minimum atomic E-state index is 1.11. The van der Waals surface area contributed by atoms with Gasteiger partial charge in [0.1, 0.15) is 0 Å². The van der Waals surface area contributed by atoms with E-state index in [2.05, 4.69) is 23.2 Å². The number of rotatable bonds is 0. The Morgan fingerprint density at radius 3 is 2.50 bits per heavy atom. The average Bonchev–Trinajstić information content (AvgIpc) is 2.61. The van der Waals surface area contributed by atoms with E-state index in [1.807, 2.05) is 13.1 Å². The first-order valence-corrected chi connectivity index (χ1v) is 5.21. The maximum absolute atomic E-state index is 4.33. The zero-order valence-corrected chi connectivity index (χ0v) is 8.38. The Hall–Kier alpha value is -1.37. The average molecular weight is 183 g/mol. The highest BCUT2D eigenvalue weighted by molar-refractivity contribution is 5.84. The molecule has 1 heteroatoms. The molecule has 1 aliphatic rings. The number of nitrogens with zero attached hydrogens (tertiary/aromatic N) is 1. The summed E-state index contributed by atoms with van der Waals surface area (Å²) in [5, 5.41) is 2.63. The molecule has 0 saturated heterocycles. The number of aromatic nitrogens is 1. The summed E-state index contributed by atoms with van der Waals surface area (Å²) in [5.74, 6) is 0. The summed E-state index contributed by atoms with van der Waals surface area (Å²) in [6, 6.07) is 6.82. The Morgan fingerprint density at radius 1 is 1.00 bits per heavy atom. The lowest BCUT2D eigenvalue weighted by Crippen LogP contribution is -1.86. The maximum atomic E-state index is 4.33. The van der Waals surface area contributed by atoms with Crippen molar-refractivity contribution in [3.63, 3.8) is 0 Å². The third-order valence-electron chi connectivity index (χ3n) is 3.07. The minimum absolute atomic E-state index is 1.11. The van der Waals surface area contributed by atoms with Crippen molar-refractivity contribution in [2.75, 3.05) is 0 Å². The number of fused-ring (bicyclic) bond motifs is 2. The third kappa shape index (κ3) is 1.12. The van der Waals surface area contributed by atoms with E-state index in [0.717, 1.165) is 5.69 Å². The van der Waals surface area contributed by atoms with Gasteiger partial charge in [-0.3, -0.25) is 4.98 Å². The van der Waals surface area contributed by atoms with Gasteiger partial charge in [0, 0.05) is 17.3 Å². The molecule has 0 spiro atoms. The van der Waals surface area contributed by atoms with Gasteiger partial charge in [0.25, 0.3) is 0 Å². The first-order chi connectivity index (χ1) is 6.83. The van der Waals surface area contributed by atoms with Crippen molar-refractivity contribution in [2.24, 2.45) is 0 Å². The van der Waals surface area contributed by atoms with Gasteiger partial charge in [0.15, 0.2) is 0 Å². The zero-order valence-electron chi connectivity index (χ0n) is 8.38. The summed E-state index contributed by atoms with van der Waals surface area (Å²) in [4.78, 5) is 4.33. The normalized spacial score (nSPS) is 14.6. The molecule has 0 aliphatic heterocycles. The van der Waals surface area contributed by atoms with E-state index in [4.69, 9.17) is 0 Å². The fourth-order valence-electron chi connectivity index (χ4n) is 2.33. The molecule has 0 saturated carbocycles. The Balaban J connectivity index is 2.33. The van der Waals surface area contributed by atoms with Crippen molar-refractivity contribution >= 4 is 10.8 Å². The van der Waals surface area contributed by atoms with Gasteiger partial charge in [0.05, 0.1) is 0 Å². The van der Waals surface area contributed by atoms with Crippen LogP contribution in [0.3, 0.4) is 0 Å². The molecule has 0 unspecified atom stereocenters. The molecule has 0 fully saturated rings. The highest BCUT2D eigenvalue weighted by atomic mass is 14.6. The van der Waals surface area contributed by atoms with Crippen LogP contribution in [0.5, 0.6) is 0 Å². The van der Waals surface area contributed by atoms with Gasteiger partial charge in [-0.2, -0.15) is 0 Å². The van der Waals surface area contributed by atoms with Gasteiger partial charge in [-0.15, -0.1) is 0 Å². The van der Waals surface area contributed by atoms with Gasteiger partial charge in [-0.25, -0.2) is 0 Å². The van der Waals surface area contributed by atoms with Gasteiger partial charge in [-0.05, 0) is 54.8 Å². The van der Waals surface area contributed by atoms with E-state index in [-0.39, 0.29) is 0 Å². The zero-order chi connectivity index (χ0) is 9.54. The predicted octanol–water partition coefficient (Wildman–Crippen LogP) is 3.03. The topological polar surface area (TPSA) is 12.9 Å². The lowest BCUT2D eigenvalue weighted by atomic mass is 10.0. The van der Waals surface area contributed by atoms with Crippen LogP contribution >= 0.6 is 0 Å². The molecule has 0 N–H and O–H groups in total. The molecular weight excluding hydrogens is 170 g/mol. The second-order valence-corrected chi connectivity index (χ2v) is 4.15. The molecule has 2 aromatic rings. The van der Waals surface area contributed by atoms with Crippen LogP contribution in [-0.2, 0) is 12.8 Å². The van der Waals surface area contributed by atoms with E-state index in [1.165, 1.54) is 35.6 Å². The number of hydrogen-bond donors (Lipinski definition) is 0. The van der Waals surface area contributed by atoms with Crippen molar-refractivity contribution in [1.82, 2.24) is 4.98 Å². The maximum Gasteiger partial charge on any atom is 0.0379 e. The summed E-state index contributed by atoms with van der Waals surface area (Å²) >= 11 is 0. The van der Waals surface area contributed by atoms with E-state index in [9.17, 15) is 0 Å². The lowest BCUT2D eigenvalue weighted by Gasteiger charge is -2.03. The fourth-order valence-corrected chi connectivity index (χ4v) is 2.33. The Morgan fingerprint density at radius 2 is 1.71 bits per heavy atom. The van der Waals surface area contributed by atoms with Crippen molar-refractivity contribution in [2.45, 2.75) is 26.2 Å². The van der Waals surface area contributed by atoms with Crippen molar-refractivity contribution in [1.29, 1.82) is 0 Å². The smallest absolute Gasteiger partial charge is 0.0379 e. The van der Waals surface area contributed by atoms with Gasteiger partial charge < -0.3 is 0 Å². The van der Waals surface area contributed by atoms with E-state index in [1.54, 1.807) is 5.56 Å². The van der Waals surface area contributed by atoms with Crippen LogP contribution in [-0.4, -0.2) is 4.98 Å². The molecule has 0 radical (unpaired) electrons. The second-order valence-electron chi connectivity index (χ2n) is 4.15. The van der Waals surface area contributed by atoms with Gasteiger partial charge >= 0.3 is 0 Å². The Bertz CT molecular complexity index is 500. The van der Waals surface area contributed by atoms with Crippen LogP contribution in [0.25, 0.3) is 10.8 Å². The van der Waals surface area contributed by atoms with Crippen LogP contribution in [0.15, 0.2) is 24.4 Å². The number of benzene rings is 1. The largest absolute Gasteiger partial charge is 0.261 e. The molecule has 1 nitrogen and oxygen atoms in total. The van der Waals surface area contributed by atoms with E-state index in [0.29, 0.717) is 0 Å². The molecule has 3 rings (SSSR count). The van der Waals surface area contributed by atoms with Gasteiger partial charge in [0.2, 0.25) is 0 Å². The summed E-state index contributed by atoms with van der Waals surface area (Å²) in [7, 11) is 0. The fraction of sp³-hybridized carbons (Fsp3) is 0.308. The lowest BCUT2D eigenvalue weighted by molar-refractivity contribution is 0.912. The Labute approximate surface area is 83.8 Å². The SMILES string of the molecule is Cc1cc2cc3c(cc2cn1)CCC3. The third-order valence-corrected chi connectivity index (χ3v) is 3.07. The van der Waals surface area contributed by atoms with E-state index >= 15 is 0 Å². The van der Waals surface area contributed by atoms with Crippen LogP contribution in [0.1, 0.15) is 23.2 Å². The molecular formula is C13H13N.